The number of hydrogen-bond donors (Lipinski definition) is 0. The van der Waals surface area contributed by atoms with Crippen LogP contribution in [0, 0.1) is 20.2 Å². The predicted molar refractivity (Wildman–Crippen MR) is 77.6 cm³/mol. The largest absolute Gasteiger partial charge is 0.490 e. The Morgan fingerprint density at radius 2 is 1.83 bits per heavy atom. The number of methoxy groups -OCH3 is 1. The number of non-ortho nitro benzene ring substituents is 1. The molecule has 0 N–H and O–H groups in total. The molecule has 1 aromatic rings. The maximum absolute atomic E-state index is 11.9. The molecule has 1 aromatic carbocycles. The molecular formula is C11H5N7O6. The second-order valence-corrected chi connectivity index (χ2v) is 4.37. The van der Waals surface area contributed by atoms with Gasteiger partial charge in [0, 0.05) is 6.07 Å². The summed E-state index contributed by atoms with van der Waals surface area (Å²) < 4.78 is 4.96. The first kappa shape index (κ1) is 15.0. The molecule has 120 valence electrons. The zero-order valence-electron chi connectivity index (χ0n) is 11.7. The van der Waals surface area contributed by atoms with E-state index in [1.807, 2.05) is 0 Å². The van der Waals surface area contributed by atoms with E-state index in [9.17, 15) is 25.0 Å². The highest BCUT2D eigenvalue weighted by molar-refractivity contribution is 6.69. The molecule has 0 saturated heterocycles. The summed E-state index contributed by atoms with van der Waals surface area (Å²) in [5, 5.41) is 32.4. The molecule has 0 spiro atoms. The van der Waals surface area contributed by atoms with Gasteiger partial charge in [-0.05, 0) is 5.22 Å². The maximum Gasteiger partial charge on any atom is 0.318 e. The summed E-state index contributed by atoms with van der Waals surface area (Å²) in [4.78, 5) is 39.9. The lowest BCUT2D eigenvalue weighted by atomic mass is 10.1. The first-order valence-corrected chi connectivity index (χ1v) is 6.14. The van der Waals surface area contributed by atoms with Gasteiger partial charge in [0.2, 0.25) is 17.3 Å². The van der Waals surface area contributed by atoms with Crippen LogP contribution in [0.3, 0.4) is 0 Å². The average molecular weight is 331 g/mol. The number of amidine groups is 2. The van der Waals surface area contributed by atoms with Crippen LogP contribution in [0.15, 0.2) is 37.6 Å². The lowest BCUT2D eigenvalue weighted by Crippen LogP contribution is -2.26. The summed E-state index contributed by atoms with van der Waals surface area (Å²) >= 11 is 0. The van der Waals surface area contributed by atoms with Crippen molar-refractivity contribution in [2.45, 2.75) is 0 Å². The fraction of sp³-hybridized carbons (Fsp3) is 0.0909. The van der Waals surface area contributed by atoms with Crippen LogP contribution in [-0.4, -0.2) is 40.2 Å². The molecule has 0 unspecified atom stereocenters. The third-order valence-corrected chi connectivity index (χ3v) is 3.02. The molecule has 0 aromatic heterocycles. The van der Waals surface area contributed by atoms with Gasteiger partial charge in [0.1, 0.15) is 0 Å². The van der Waals surface area contributed by atoms with E-state index in [2.05, 4.69) is 25.4 Å². The number of hydrogen-bond acceptors (Lipinski definition) is 10. The Morgan fingerprint density at radius 1 is 1.08 bits per heavy atom. The number of carbonyl (C=O) groups excluding carboxylic acids is 1. The standard InChI is InChI=1S/C11H5N7O6/c1-24-8-5(2-4(17(20)21)3-6(8)18(22)23)9-12-10-7(11(19)13-9)14-16-15-10/h2-3H,1H3. The number of fused-ring (bicyclic) bond motifs is 1. The van der Waals surface area contributed by atoms with Gasteiger partial charge in [-0.2, -0.15) is 4.99 Å². The van der Waals surface area contributed by atoms with E-state index >= 15 is 0 Å². The van der Waals surface area contributed by atoms with E-state index in [-0.39, 0.29) is 28.7 Å². The molecule has 0 radical (unpaired) electrons. The van der Waals surface area contributed by atoms with E-state index in [4.69, 9.17) is 4.74 Å². The van der Waals surface area contributed by atoms with E-state index in [0.29, 0.717) is 0 Å². The van der Waals surface area contributed by atoms with Crippen LogP contribution >= 0.6 is 0 Å². The molecule has 1 amide bonds. The number of amides is 1. The van der Waals surface area contributed by atoms with E-state index in [1.165, 1.54) is 0 Å². The Morgan fingerprint density at radius 3 is 2.46 bits per heavy atom. The minimum absolute atomic E-state index is 0.138. The highest BCUT2D eigenvalue weighted by Crippen LogP contribution is 2.36. The fourth-order valence-electron chi connectivity index (χ4n) is 2.03. The fourth-order valence-corrected chi connectivity index (χ4v) is 2.03. The molecule has 2 aliphatic rings. The first-order chi connectivity index (χ1) is 11.4. The second-order valence-electron chi connectivity index (χ2n) is 4.37. The molecule has 0 atom stereocenters. The highest BCUT2D eigenvalue weighted by atomic mass is 16.6. The predicted octanol–water partition coefficient (Wildman–Crippen LogP) is 1.02. The van der Waals surface area contributed by atoms with Crippen molar-refractivity contribution < 1.29 is 19.4 Å². The van der Waals surface area contributed by atoms with Gasteiger partial charge < -0.3 is 4.74 Å². The van der Waals surface area contributed by atoms with Crippen LogP contribution in [0.2, 0.25) is 0 Å². The Bertz CT molecular complexity index is 929. The second kappa shape index (κ2) is 5.38. The van der Waals surface area contributed by atoms with Crippen LogP contribution in [-0.2, 0) is 4.79 Å². The number of carbonyl (C=O) groups is 1. The molecule has 0 saturated carbocycles. The van der Waals surface area contributed by atoms with Gasteiger partial charge >= 0.3 is 11.6 Å². The summed E-state index contributed by atoms with van der Waals surface area (Å²) in [6.45, 7) is 0. The van der Waals surface area contributed by atoms with Crippen molar-refractivity contribution in [3.8, 4) is 5.75 Å². The molecule has 24 heavy (non-hydrogen) atoms. The third kappa shape index (κ3) is 2.29. The molecule has 2 aliphatic heterocycles. The van der Waals surface area contributed by atoms with Gasteiger partial charge in [-0.3, -0.25) is 25.0 Å². The Hall–Kier alpha value is -3.90. The molecule has 0 aliphatic carbocycles. The summed E-state index contributed by atoms with van der Waals surface area (Å²) in [5.41, 5.74) is -1.62. The van der Waals surface area contributed by atoms with Gasteiger partial charge in [-0.25, -0.2) is 4.99 Å². The van der Waals surface area contributed by atoms with Crippen LogP contribution in [0.5, 0.6) is 5.75 Å². The average Bonchev–Trinajstić information content (AvgIpc) is 3.02. The third-order valence-electron chi connectivity index (χ3n) is 3.02. The van der Waals surface area contributed by atoms with Crippen molar-refractivity contribution >= 4 is 34.7 Å². The summed E-state index contributed by atoms with van der Waals surface area (Å²) in [6.07, 6.45) is 0. The molecule has 3 rings (SSSR count). The molecular weight excluding hydrogens is 326 g/mol. The highest BCUT2D eigenvalue weighted by Gasteiger charge is 2.32. The molecule has 0 fully saturated rings. The smallest absolute Gasteiger partial charge is 0.318 e. The zero-order chi connectivity index (χ0) is 17.4. The van der Waals surface area contributed by atoms with Gasteiger partial charge in [0.15, 0.2) is 5.84 Å². The Balaban J connectivity index is 2.25. The van der Waals surface area contributed by atoms with Crippen molar-refractivity contribution in [1.82, 2.24) is 0 Å². The van der Waals surface area contributed by atoms with Crippen molar-refractivity contribution in [3.63, 3.8) is 0 Å². The summed E-state index contributed by atoms with van der Waals surface area (Å²) in [5.74, 6) is -1.60. The zero-order valence-corrected chi connectivity index (χ0v) is 11.7. The first-order valence-electron chi connectivity index (χ1n) is 6.14. The maximum atomic E-state index is 11.9. The van der Waals surface area contributed by atoms with E-state index < -0.39 is 27.1 Å². The van der Waals surface area contributed by atoms with Crippen LogP contribution in [0.1, 0.15) is 5.56 Å². The van der Waals surface area contributed by atoms with Gasteiger partial charge in [-0.15, -0.1) is 10.2 Å². The monoisotopic (exact) mass is 331 g/mol. The Labute approximate surface area is 131 Å². The quantitative estimate of drug-likeness (QED) is 0.587. The topological polar surface area (TPSA) is 174 Å². The lowest BCUT2D eigenvalue weighted by molar-refractivity contribution is -0.394. The number of nitro groups is 2. The van der Waals surface area contributed by atoms with Crippen LogP contribution in [0.25, 0.3) is 0 Å². The van der Waals surface area contributed by atoms with Crippen molar-refractivity contribution in [2.75, 3.05) is 7.11 Å². The SMILES string of the molecule is COc1c(C2=NC(=O)C3=NN=NC3=N2)cc([N+](=O)[O-])cc1[N+](=O)[O-]. The number of ether oxygens (including phenoxy) is 1. The van der Waals surface area contributed by atoms with Crippen LogP contribution < -0.4 is 4.74 Å². The van der Waals surface area contributed by atoms with Gasteiger partial charge in [0.25, 0.3) is 5.69 Å². The molecule has 0 bridgehead atoms. The molecule has 2 heterocycles. The van der Waals surface area contributed by atoms with Crippen molar-refractivity contribution in [1.29, 1.82) is 0 Å². The lowest BCUT2D eigenvalue weighted by Gasteiger charge is -2.11. The van der Waals surface area contributed by atoms with E-state index in [0.717, 1.165) is 19.2 Å². The summed E-state index contributed by atoms with van der Waals surface area (Å²) in [6, 6.07) is 1.71. The molecule has 13 nitrogen and oxygen atoms in total. The summed E-state index contributed by atoms with van der Waals surface area (Å²) in [7, 11) is 1.14. The van der Waals surface area contributed by atoms with E-state index in [1.54, 1.807) is 0 Å². The van der Waals surface area contributed by atoms with Crippen LogP contribution in [0.4, 0.5) is 11.4 Å². The minimum atomic E-state index is -0.851. The number of nitro benzene ring substituents is 2. The number of rotatable bonds is 4. The van der Waals surface area contributed by atoms with Gasteiger partial charge in [0.05, 0.1) is 28.6 Å². The number of aliphatic imine (C=N–C) groups is 2. The normalized spacial score (nSPS) is 15.4. The van der Waals surface area contributed by atoms with Crippen molar-refractivity contribution in [2.24, 2.45) is 25.4 Å². The number of benzene rings is 1. The Kier molecular flexibility index (Phi) is 3.37. The molecule has 13 heteroatoms. The minimum Gasteiger partial charge on any atom is -0.490 e. The van der Waals surface area contributed by atoms with Gasteiger partial charge in [-0.1, -0.05) is 0 Å². The van der Waals surface area contributed by atoms with Crippen molar-refractivity contribution in [3.05, 3.63) is 37.9 Å². The number of nitrogens with zero attached hydrogens (tertiary/aromatic N) is 7.